The van der Waals surface area contributed by atoms with Gasteiger partial charge in [-0.15, -0.1) is 0 Å². The van der Waals surface area contributed by atoms with Crippen LogP contribution in [0.5, 0.6) is 5.75 Å². The molecular weight excluding hydrogens is 362 g/mol. The van der Waals surface area contributed by atoms with Crippen LogP contribution in [0.15, 0.2) is 30.3 Å². The fourth-order valence-electron chi connectivity index (χ4n) is 4.83. The Hall–Kier alpha value is -2.23. The summed E-state index contributed by atoms with van der Waals surface area (Å²) in [6, 6.07) is 10.6. The molecule has 0 aromatic heterocycles. The number of hydrogen-bond donors (Lipinski definition) is 1. The minimum Gasteiger partial charge on any atom is -0.490 e. The van der Waals surface area contributed by atoms with E-state index in [0.717, 1.165) is 35.5 Å². The molecule has 1 amide bonds. The first-order valence-electron chi connectivity index (χ1n) is 10.8. The molecule has 1 N–H and O–H groups in total. The molecule has 1 atom stereocenters. The SMILES string of the molecule is Cc1c(OC2CCC(C(C)(C)C)CC2)ccc2cc([C@]3(C)COC(=O)N3)ccc12. The number of nitrogens with one attached hydrogen (secondary N) is 1. The number of carbonyl (C=O) groups excluding carboxylic acids is 1. The Balaban J connectivity index is 1.51. The van der Waals surface area contributed by atoms with Crippen molar-refractivity contribution in [3.8, 4) is 5.75 Å². The number of aryl methyl sites for hydroxylation is 1. The molecule has 1 heterocycles. The highest BCUT2D eigenvalue weighted by Gasteiger charge is 2.36. The van der Waals surface area contributed by atoms with Gasteiger partial charge in [0.2, 0.25) is 0 Å². The van der Waals surface area contributed by atoms with Gasteiger partial charge in [-0.1, -0.05) is 39.0 Å². The smallest absolute Gasteiger partial charge is 0.408 e. The standard InChI is InChI=1S/C25H33NO3/c1-16-21-12-9-19(25(5)15-28-23(27)26-25)14-17(21)6-13-22(16)29-20-10-7-18(8-11-20)24(2,3)4/h6,9,12-14,18,20H,7-8,10-11,15H2,1-5H3,(H,26,27)/t18?,20?,25-/m0/s1. The number of ether oxygens (including phenoxy) is 2. The molecule has 1 aliphatic carbocycles. The van der Waals surface area contributed by atoms with Crippen molar-refractivity contribution in [2.24, 2.45) is 11.3 Å². The van der Waals surface area contributed by atoms with E-state index in [4.69, 9.17) is 9.47 Å². The number of rotatable bonds is 3. The van der Waals surface area contributed by atoms with Crippen LogP contribution in [0.3, 0.4) is 0 Å². The molecule has 0 unspecified atom stereocenters. The average Bonchev–Trinajstić information content (AvgIpc) is 3.03. The first kappa shape index (κ1) is 20.1. The van der Waals surface area contributed by atoms with Crippen LogP contribution in [0.1, 0.15) is 64.5 Å². The lowest BCUT2D eigenvalue weighted by atomic mass is 9.72. The number of fused-ring (bicyclic) bond motifs is 1. The summed E-state index contributed by atoms with van der Waals surface area (Å²) in [4.78, 5) is 11.5. The van der Waals surface area contributed by atoms with E-state index in [1.54, 1.807) is 0 Å². The van der Waals surface area contributed by atoms with E-state index in [0.29, 0.717) is 18.1 Å². The molecule has 2 aromatic rings. The summed E-state index contributed by atoms with van der Waals surface area (Å²) in [6.07, 6.45) is 4.72. The van der Waals surface area contributed by atoms with E-state index in [-0.39, 0.29) is 6.09 Å². The third kappa shape index (κ3) is 3.94. The van der Waals surface area contributed by atoms with Gasteiger partial charge in [0.25, 0.3) is 0 Å². The molecule has 2 aromatic carbocycles. The summed E-state index contributed by atoms with van der Waals surface area (Å²) in [5.74, 6) is 1.79. The molecule has 0 spiro atoms. The van der Waals surface area contributed by atoms with Crippen molar-refractivity contribution < 1.29 is 14.3 Å². The Morgan fingerprint density at radius 2 is 1.83 bits per heavy atom. The number of benzene rings is 2. The summed E-state index contributed by atoms with van der Waals surface area (Å²) in [7, 11) is 0. The van der Waals surface area contributed by atoms with Crippen molar-refractivity contribution in [3.63, 3.8) is 0 Å². The second kappa shape index (κ2) is 7.23. The number of hydrogen-bond acceptors (Lipinski definition) is 3. The Morgan fingerprint density at radius 3 is 2.45 bits per heavy atom. The minimum atomic E-state index is -0.472. The molecule has 4 rings (SSSR count). The number of alkyl carbamates (subject to hydrolysis) is 1. The summed E-state index contributed by atoms with van der Waals surface area (Å²) in [6.45, 7) is 11.5. The molecule has 0 bridgehead atoms. The zero-order chi connectivity index (χ0) is 20.8. The maximum absolute atomic E-state index is 11.5. The summed E-state index contributed by atoms with van der Waals surface area (Å²) < 4.78 is 11.6. The van der Waals surface area contributed by atoms with Crippen molar-refractivity contribution in [3.05, 3.63) is 41.5 Å². The van der Waals surface area contributed by atoms with E-state index >= 15 is 0 Å². The summed E-state index contributed by atoms with van der Waals surface area (Å²) >= 11 is 0. The highest BCUT2D eigenvalue weighted by Crippen LogP contribution is 2.40. The quantitative estimate of drug-likeness (QED) is 0.684. The van der Waals surface area contributed by atoms with Gasteiger partial charge in [0.1, 0.15) is 12.4 Å². The molecule has 2 aliphatic rings. The molecule has 4 heteroatoms. The predicted molar refractivity (Wildman–Crippen MR) is 116 cm³/mol. The number of amides is 1. The highest BCUT2D eigenvalue weighted by atomic mass is 16.6. The third-order valence-corrected chi connectivity index (χ3v) is 6.94. The monoisotopic (exact) mass is 395 g/mol. The molecule has 1 saturated carbocycles. The van der Waals surface area contributed by atoms with E-state index in [2.05, 4.69) is 63.3 Å². The van der Waals surface area contributed by atoms with E-state index in [1.807, 2.05) is 6.92 Å². The van der Waals surface area contributed by atoms with Crippen LogP contribution in [0.2, 0.25) is 0 Å². The van der Waals surface area contributed by atoms with Crippen molar-refractivity contribution in [2.75, 3.05) is 6.61 Å². The van der Waals surface area contributed by atoms with Gasteiger partial charge in [0.05, 0.1) is 11.6 Å². The maximum atomic E-state index is 11.5. The fourth-order valence-corrected chi connectivity index (χ4v) is 4.83. The van der Waals surface area contributed by atoms with Gasteiger partial charge in [0, 0.05) is 0 Å². The molecule has 1 aliphatic heterocycles. The molecule has 29 heavy (non-hydrogen) atoms. The van der Waals surface area contributed by atoms with Crippen LogP contribution in [0.4, 0.5) is 4.79 Å². The largest absolute Gasteiger partial charge is 0.490 e. The molecule has 0 radical (unpaired) electrons. The second-order valence-electron chi connectivity index (χ2n) is 10.1. The zero-order valence-corrected chi connectivity index (χ0v) is 18.3. The van der Waals surface area contributed by atoms with Crippen LogP contribution < -0.4 is 10.1 Å². The van der Waals surface area contributed by atoms with Gasteiger partial charge >= 0.3 is 6.09 Å². The Labute approximate surface area is 174 Å². The molecule has 1 saturated heterocycles. The van der Waals surface area contributed by atoms with Crippen LogP contribution in [-0.2, 0) is 10.3 Å². The van der Waals surface area contributed by atoms with Crippen molar-refractivity contribution in [2.45, 2.75) is 71.9 Å². The van der Waals surface area contributed by atoms with E-state index < -0.39 is 5.54 Å². The number of cyclic esters (lactones) is 1. The molecular formula is C25H33NO3. The topological polar surface area (TPSA) is 47.6 Å². The van der Waals surface area contributed by atoms with Crippen LogP contribution in [0, 0.1) is 18.3 Å². The minimum absolute atomic E-state index is 0.314. The average molecular weight is 396 g/mol. The third-order valence-electron chi connectivity index (χ3n) is 6.94. The van der Waals surface area contributed by atoms with Crippen LogP contribution >= 0.6 is 0 Å². The van der Waals surface area contributed by atoms with Gasteiger partial charge in [-0.3, -0.25) is 0 Å². The Morgan fingerprint density at radius 1 is 1.10 bits per heavy atom. The first-order valence-corrected chi connectivity index (χ1v) is 10.8. The predicted octanol–water partition coefficient (Wildman–Crippen LogP) is 6.09. The second-order valence-corrected chi connectivity index (χ2v) is 10.1. The van der Waals surface area contributed by atoms with E-state index in [9.17, 15) is 4.79 Å². The van der Waals surface area contributed by atoms with Gasteiger partial charge in [-0.25, -0.2) is 4.79 Å². The Bertz CT molecular complexity index is 922. The van der Waals surface area contributed by atoms with Crippen molar-refractivity contribution in [1.29, 1.82) is 0 Å². The van der Waals surface area contributed by atoms with Crippen molar-refractivity contribution >= 4 is 16.9 Å². The molecule has 156 valence electrons. The maximum Gasteiger partial charge on any atom is 0.408 e. The fraction of sp³-hybridized carbons (Fsp3) is 0.560. The molecule has 4 nitrogen and oxygen atoms in total. The van der Waals surface area contributed by atoms with Crippen molar-refractivity contribution in [1.82, 2.24) is 5.32 Å². The highest BCUT2D eigenvalue weighted by molar-refractivity contribution is 5.88. The van der Waals surface area contributed by atoms with Gasteiger partial charge in [0.15, 0.2) is 0 Å². The zero-order valence-electron chi connectivity index (χ0n) is 18.3. The summed E-state index contributed by atoms with van der Waals surface area (Å²) in [5, 5.41) is 5.28. The lowest BCUT2D eigenvalue weighted by molar-refractivity contribution is 0.0878. The van der Waals surface area contributed by atoms with E-state index in [1.165, 1.54) is 23.8 Å². The molecule has 2 fully saturated rings. The van der Waals surface area contributed by atoms with Gasteiger partial charge < -0.3 is 14.8 Å². The lowest BCUT2D eigenvalue weighted by Crippen LogP contribution is -2.37. The Kier molecular flexibility index (Phi) is 5.00. The normalized spacial score (nSPS) is 27.6. The summed E-state index contributed by atoms with van der Waals surface area (Å²) in [5.41, 5.74) is 2.16. The van der Waals surface area contributed by atoms with Gasteiger partial charge in [-0.05, 0) is 84.9 Å². The van der Waals surface area contributed by atoms with Crippen LogP contribution in [-0.4, -0.2) is 18.8 Å². The van der Waals surface area contributed by atoms with Crippen LogP contribution in [0.25, 0.3) is 10.8 Å². The first-order chi connectivity index (χ1) is 13.7. The number of carbonyl (C=O) groups is 1. The lowest BCUT2D eigenvalue weighted by Gasteiger charge is -2.37. The van der Waals surface area contributed by atoms with Gasteiger partial charge in [-0.2, -0.15) is 0 Å².